The molecule has 0 amide bonds. The van der Waals surface area contributed by atoms with Crippen LogP contribution in [0.3, 0.4) is 0 Å². The van der Waals surface area contributed by atoms with Gasteiger partial charge in [0.15, 0.2) is 0 Å². The average molecular weight is 260 g/mol. The van der Waals surface area contributed by atoms with Crippen molar-refractivity contribution in [2.45, 2.75) is 45.4 Å². The highest BCUT2D eigenvalue weighted by atomic mass is 15.1. The van der Waals surface area contributed by atoms with E-state index in [-0.39, 0.29) is 0 Å². The summed E-state index contributed by atoms with van der Waals surface area (Å²) in [5, 5.41) is 0. The SMILES string of the molecule is CCC(C)c1ccc(N(C)CC2(CN)CCC2)cc1. The Morgan fingerprint density at radius 3 is 2.32 bits per heavy atom. The first-order valence-corrected chi connectivity index (χ1v) is 7.61. The van der Waals surface area contributed by atoms with E-state index in [0.717, 1.165) is 13.1 Å². The first-order valence-electron chi connectivity index (χ1n) is 7.61. The van der Waals surface area contributed by atoms with Crippen LogP contribution < -0.4 is 10.6 Å². The molecule has 0 aromatic heterocycles. The predicted octanol–water partition coefficient (Wildman–Crippen LogP) is 3.77. The summed E-state index contributed by atoms with van der Waals surface area (Å²) in [5.74, 6) is 0.654. The Labute approximate surface area is 118 Å². The van der Waals surface area contributed by atoms with Crippen LogP contribution in [0, 0.1) is 5.41 Å². The van der Waals surface area contributed by atoms with E-state index in [4.69, 9.17) is 5.73 Å². The van der Waals surface area contributed by atoms with Gasteiger partial charge in [0, 0.05) is 24.7 Å². The van der Waals surface area contributed by atoms with Crippen molar-refractivity contribution in [2.75, 3.05) is 25.0 Å². The average Bonchev–Trinajstić information content (AvgIpc) is 2.42. The van der Waals surface area contributed by atoms with Crippen molar-refractivity contribution in [3.05, 3.63) is 29.8 Å². The van der Waals surface area contributed by atoms with Gasteiger partial charge in [0.2, 0.25) is 0 Å². The molecular formula is C17H28N2. The summed E-state index contributed by atoms with van der Waals surface area (Å²) in [5.41, 5.74) is 9.08. The molecule has 1 unspecified atom stereocenters. The minimum absolute atomic E-state index is 0.379. The van der Waals surface area contributed by atoms with E-state index < -0.39 is 0 Å². The second kappa shape index (κ2) is 5.96. The molecule has 2 N–H and O–H groups in total. The summed E-state index contributed by atoms with van der Waals surface area (Å²) in [6.07, 6.45) is 5.13. The zero-order chi connectivity index (χ0) is 13.9. The van der Waals surface area contributed by atoms with Gasteiger partial charge in [0.05, 0.1) is 0 Å². The van der Waals surface area contributed by atoms with Gasteiger partial charge in [-0.1, -0.05) is 32.4 Å². The molecule has 1 aromatic carbocycles. The van der Waals surface area contributed by atoms with Crippen molar-refractivity contribution >= 4 is 5.69 Å². The molecular weight excluding hydrogens is 232 g/mol. The lowest BCUT2D eigenvalue weighted by molar-refractivity contribution is 0.154. The summed E-state index contributed by atoms with van der Waals surface area (Å²) in [7, 11) is 2.19. The van der Waals surface area contributed by atoms with Gasteiger partial charge in [-0.05, 0) is 49.4 Å². The molecule has 2 nitrogen and oxygen atoms in total. The van der Waals surface area contributed by atoms with Gasteiger partial charge in [-0.25, -0.2) is 0 Å². The van der Waals surface area contributed by atoms with Crippen LogP contribution in [0.4, 0.5) is 5.69 Å². The number of hydrogen-bond donors (Lipinski definition) is 1. The Hall–Kier alpha value is -1.02. The summed E-state index contributed by atoms with van der Waals surface area (Å²) >= 11 is 0. The molecule has 0 aliphatic heterocycles. The molecule has 1 aliphatic carbocycles. The Morgan fingerprint density at radius 2 is 1.89 bits per heavy atom. The van der Waals surface area contributed by atoms with Gasteiger partial charge >= 0.3 is 0 Å². The van der Waals surface area contributed by atoms with Crippen molar-refractivity contribution in [2.24, 2.45) is 11.1 Å². The molecule has 19 heavy (non-hydrogen) atoms. The second-order valence-corrected chi connectivity index (χ2v) is 6.31. The standard InChI is InChI=1S/C17H28N2/c1-4-14(2)15-6-8-16(9-7-15)19(3)13-17(12-18)10-5-11-17/h6-9,14H,4-5,10-13,18H2,1-3H3. The molecule has 0 radical (unpaired) electrons. The molecule has 2 heteroatoms. The zero-order valence-electron chi connectivity index (χ0n) is 12.7. The fourth-order valence-corrected chi connectivity index (χ4v) is 2.99. The van der Waals surface area contributed by atoms with Gasteiger partial charge in [-0.3, -0.25) is 0 Å². The normalized spacial score (nSPS) is 18.7. The molecule has 0 heterocycles. The lowest BCUT2D eigenvalue weighted by atomic mass is 9.68. The molecule has 0 bridgehead atoms. The molecule has 1 aliphatic rings. The zero-order valence-corrected chi connectivity index (χ0v) is 12.7. The topological polar surface area (TPSA) is 29.3 Å². The molecule has 1 aromatic rings. The summed E-state index contributed by atoms with van der Waals surface area (Å²) < 4.78 is 0. The number of benzene rings is 1. The fourth-order valence-electron chi connectivity index (χ4n) is 2.99. The van der Waals surface area contributed by atoms with E-state index in [0.29, 0.717) is 11.3 Å². The maximum Gasteiger partial charge on any atom is 0.0363 e. The number of hydrogen-bond acceptors (Lipinski definition) is 2. The third-order valence-electron chi connectivity index (χ3n) is 4.94. The third kappa shape index (κ3) is 3.11. The lowest BCUT2D eigenvalue weighted by Gasteiger charge is -2.44. The Kier molecular flexibility index (Phi) is 4.51. The van der Waals surface area contributed by atoms with E-state index in [1.807, 2.05) is 0 Å². The van der Waals surface area contributed by atoms with E-state index in [1.54, 1.807) is 0 Å². The smallest absolute Gasteiger partial charge is 0.0363 e. The molecule has 106 valence electrons. The molecule has 2 rings (SSSR count). The van der Waals surface area contributed by atoms with Crippen LogP contribution >= 0.6 is 0 Å². The minimum Gasteiger partial charge on any atom is -0.374 e. The summed E-state index contributed by atoms with van der Waals surface area (Å²) in [4.78, 5) is 2.37. The molecule has 0 saturated heterocycles. The molecule has 1 saturated carbocycles. The van der Waals surface area contributed by atoms with Crippen molar-refractivity contribution in [1.82, 2.24) is 0 Å². The highest BCUT2D eigenvalue weighted by Crippen LogP contribution is 2.41. The Balaban J connectivity index is 2.01. The van der Waals surface area contributed by atoms with Crippen LogP contribution in [0.1, 0.15) is 51.0 Å². The van der Waals surface area contributed by atoms with Crippen LogP contribution in [0.5, 0.6) is 0 Å². The van der Waals surface area contributed by atoms with Crippen molar-refractivity contribution in [3.8, 4) is 0 Å². The van der Waals surface area contributed by atoms with Gasteiger partial charge in [0.1, 0.15) is 0 Å². The van der Waals surface area contributed by atoms with E-state index in [1.165, 1.54) is 36.9 Å². The van der Waals surface area contributed by atoms with Crippen LogP contribution in [0.15, 0.2) is 24.3 Å². The third-order valence-corrected chi connectivity index (χ3v) is 4.94. The lowest BCUT2D eigenvalue weighted by Crippen LogP contribution is -2.46. The predicted molar refractivity (Wildman–Crippen MR) is 83.8 cm³/mol. The van der Waals surface area contributed by atoms with Crippen molar-refractivity contribution in [3.63, 3.8) is 0 Å². The van der Waals surface area contributed by atoms with Crippen LogP contribution in [-0.4, -0.2) is 20.1 Å². The first kappa shape index (κ1) is 14.4. The van der Waals surface area contributed by atoms with Crippen LogP contribution in [0.25, 0.3) is 0 Å². The van der Waals surface area contributed by atoms with Crippen molar-refractivity contribution < 1.29 is 0 Å². The van der Waals surface area contributed by atoms with Gasteiger partial charge < -0.3 is 10.6 Å². The maximum atomic E-state index is 5.95. The number of nitrogens with two attached hydrogens (primary N) is 1. The van der Waals surface area contributed by atoms with Crippen LogP contribution in [-0.2, 0) is 0 Å². The quantitative estimate of drug-likeness (QED) is 0.843. The van der Waals surface area contributed by atoms with Gasteiger partial charge in [-0.15, -0.1) is 0 Å². The van der Waals surface area contributed by atoms with Crippen molar-refractivity contribution in [1.29, 1.82) is 0 Å². The first-order chi connectivity index (χ1) is 9.10. The molecule has 1 atom stereocenters. The number of nitrogens with zero attached hydrogens (tertiary/aromatic N) is 1. The van der Waals surface area contributed by atoms with E-state index in [2.05, 4.69) is 50.1 Å². The van der Waals surface area contributed by atoms with Gasteiger partial charge in [0.25, 0.3) is 0 Å². The molecule has 1 fully saturated rings. The summed E-state index contributed by atoms with van der Waals surface area (Å²) in [6.45, 7) is 6.44. The Morgan fingerprint density at radius 1 is 1.26 bits per heavy atom. The van der Waals surface area contributed by atoms with Gasteiger partial charge in [-0.2, -0.15) is 0 Å². The summed E-state index contributed by atoms with van der Waals surface area (Å²) in [6, 6.07) is 9.06. The Bertz CT molecular complexity index is 387. The number of rotatable bonds is 6. The van der Waals surface area contributed by atoms with E-state index in [9.17, 15) is 0 Å². The van der Waals surface area contributed by atoms with E-state index >= 15 is 0 Å². The second-order valence-electron chi connectivity index (χ2n) is 6.31. The molecule has 0 spiro atoms. The fraction of sp³-hybridized carbons (Fsp3) is 0.647. The maximum absolute atomic E-state index is 5.95. The monoisotopic (exact) mass is 260 g/mol. The van der Waals surface area contributed by atoms with Crippen LogP contribution in [0.2, 0.25) is 0 Å². The number of anilines is 1. The highest BCUT2D eigenvalue weighted by Gasteiger charge is 2.36. The highest BCUT2D eigenvalue weighted by molar-refractivity contribution is 5.47. The largest absolute Gasteiger partial charge is 0.374 e. The minimum atomic E-state index is 0.379.